The van der Waals surface area contributed by atoms with Crippen LogP contribution < -0.4 is 30.5 Å². The summed E-state index contributed by atoms with van der Waals surface area (Å²) in [7, 11) is -5.07. The molecule has 0 aliphatic carbocycles. The average molecular weight is 1070 g/mol. The van der Waals surface area contributed by atoms with E-state index < -0.39 is 16.1 Å². The van der Waals surface area contributed by atoms with Gasteiger partial charge in [-0.1, -0.05) is 172 Å². The van der Waals surface area contributed by atoms with E-state index in [0.29, 0.717) is 0 Å². The normalized spacial score (nSPS) is 14.1. The van der Waals surface area contributed by atoms with Gasteiger partial charge in [0.15, 0.2) is 16.7 Å². The molecule has 0 N–H and O–H groups in total. The maximum absolute atomic E-state index is 7.35. The zero-order chi connectivity index (χ0) is 53.5. The minimum Gasteiger partial charge on any atom is -0.455 e. The Balaban J connectivity index is 0.929. The number of rotatable bonds is 6. The fraction of sp³-hybridized carbons (Fsp3) is 0.0833. The number of furan rings is 4. The summed E-state index contributed by atoms with van der Waals surface area (Å²) < 4.78 is 28.4. The van der Waals surface area contributed by atoms with Gasteiger partial charge in [0, 0.05) is 54.6 Å². The first kappa shape index (κ1) is 45.7. The Labute approximate surface area is 463 Å². The molecule has 6 nitrogen and oxygen atoms in total. The van der Waals surface area contributed by atoms with Crippen LogP contribution >= 0.6 is 0 Å². The quantitative estimate of drug-likeness (QED) is 0.155. The molecule has 0 unspecified atom stereocenters. The third-order valence-electron chi connectivity index (χ3n) is 18.1. The maximum atomic E-state index is 7.35. The molecule has 15 aromatic rings. The van der Waals surface area contributed by atoms with E-state index in [1.807, 2.05) is 6.07 Å². The van der Waals surface area contributed by atoms with Crippen molar-refractivity contribution < 1.29 is 17.7 Å². The van der Waals surface area contributed by atoms with Crippen LogP contribution in [0.15, 0.2) is 224 Å². The van der Waals surface area contributed by atoms with Gasteiger partial charge in [0.2, 0.25) is 0 Å². The molecule has 17 rings (SSSR count). The zero-order valence-corrected chi connectivity index (χ0v) is 47.2. The largest absolute Gasteiger partial charge is 0.455 e. The summed E-state index contributed by atoms with van der Waals surface area (Å²) in [6, 6.07) is 74.8. The van der Waals surface area contributed by atoms with Crippen molar-refractivity contribution in [3.63, 3.8) is 0 Å². The molecule has 0 saturated heterocycles. The Bertz CT molecular complexity index is 5210. The van der Waals surface area contributed by atoms with E-state index in [0.717, 1.165) is 127 Å². The Morgan fingerprint density at radius 2 is 0.662 bits per heavy atom. The van der Waals surface area contributed by atoms with E-state index in [9.17, 15) is 0 Å². The highest BCUT2D eigenvalue weighted by atomic mass is 28.3. The Kier molecular flexibility index (Phi) is 9.21. The van der Waals surface area contributed by atoms with Crippen molar-refractivity contribution in [1.29, 1.82) is 0 Å². The number of nitrogens with zero attached hydrogens (tertiary/aromatic N) is 2. The number of hydrogen-bond donors (Lipinski definition) is 0. The predicted molar refractivity (Wildman–Crippen MR) is 339 cm³/mol. The first-order chi connectivity index (χ1) is 39.0. The molecule has 11 aromatic carbocycles. The molecule has 2 aliphatic heterocycles. The Morgan fingerprint density at radius 1 is 0.287 bits per heavy atom. The van der Waals surface area contributed by atoms with Crippen molar-refractivity contribution >= 4 is 159 Å². The number of benzene rings is 11. The molecule has 0 radical (unpaired) electrons. The second kappa shape index (κ2) is 16.1. The summed E-state index contributed by atoms with van der Waals surface area (Å²) in [6.07, 6.45) is 0. The molecule has 0 saturated carbocycles. The highest BCUT2D eigenvalue weighted by Crippen LogP contribution is 2.53. The number of fused-ring (bicyclic) bond motifs is 20. The maximum Gasteiger partial charge on any atom is 0.160 e. The number of anilines is 6. The van der Waals surface area contributed by atoms with Crippen molar-refractivity contribution in [2.75, 3.05) is 9.80 Å². The Morgan fingerprint density at radius 3 is 1.20 bits per heavy atom. The first-order valence-electron chi connectivity index (χ1n) is 27.7. The van der Waals surface area contributed by atoms with Gasteiger partial charge < -0.3 is 27.5 Å². The predicted octanol–water partition coefficient (Wildman–Crippen LogP) is 18.4. The van der Waals surface area contributed by atoms with Crippen LogP contribution in [0, 0.1) is 13.8 Å². The summed E-state index contributed by atoms with van der Waals surface area (Å²) in [5.74, 6) is 0. The summed E-state index contributed by atoms with van der Waals surface area (Å²) >= 11 is 0. The number of para-hydroxylation sites is 8. The van der Waals surface area contributed by atoms with E-state index in [2.05, 4.69) is 250 Å². The monoisotopic (exact) mass is 1060 g/mol. The lowest BCUT2D eigenvalue weighted by atomic mass is 9.95. The highest BCUT2D eigenvalue weighted by Gasteiger charge is 2.47. The summed E-state index contributed by atoms with van der Waals surface area (Å²) in [6.45, 7) is 14.6. The van der Waals surface area contributed by atoms with E-state index in [1.165, 1.54) is 48.6 Å². The molecule has 8 heteroatoms. The second-order valence-corrected chi connectivity index (χ2v) is 31.8. The molecule has 0 spiro atoms. The van der Waals surface area contributed by atoms with Crippen LogP contribution in [0.1, 0.15) is 11.1 Å². The van der Waals surface area contributed by atoms with E-state index in [4.69, 9.17) is 17.7 Å². The first-order valence-corrected chi connectivity index (χ1v) is 33.7. The van der Waals surface area contributed by atoms with Crippen LogP contribution in [-0.4, -0.2) is 16.1 Å². The molecule has 0 fully saturated rings. The summed E-state index contributed by atoms with van der Waals surface area (Å²) in [4.78, 5) is 4.87. The van der Waals surface area contributed by atoms with Crippen LogP contribution in [0.4, 0.5) is 34.1 Å². The van der Waals surface area contributed by atoms with Gasteiger partial charge >= 0.3 is 0 Å². The SMILES string of the molecule is Cc1ccccc1N(c1cccc2c1oc1ccccc12)c1cc2c(c3c1oc1ccccc13)-c1cc3c(cc1[Si]2(C)C)-c1c(cc(N(c2ccccc2C)c2cccc4c2oc2ccccc24)c2c1oc1ccccc12)[Si]3(C)C. The van der Waals surface area contributed by atoms with Gasteiger partial charge in [0.05, 0.1) is 28.1 Å². The van der Waals surface area contributed by atoms with E-state index in [1.54, 1.807) is 0 Å². The van der Waals surface area contributed by atoms with Crippen molar-refractivity contribution in [2.24, 2.45) is 0 Å². The number of aryl methyl sites for hydroxylation is 2. The average Bonchev–Trinajstić information content (AvgIpc) is 3.71. The van der Waals surface area contributed by atoms with Gasteiger partial charge in [-0.05, 0) is 123 Å². The number of hydrogen-bond acceptors (Lipinski definition) is 6. The van der Waals surface area contributed by atoms with Crippen LogP contribution in [0.5, 0.6) is 0 Å². The smallest absolute Gasteiger partial charge is 0.160 e. The minimum absolute atomic E-state index is 0.845. The minimum atomic E-state index is -2.54. The molecule has 2 aliphatic rings. The van der Waals surface area contributed by atoms with Crippen molar-refractivity contribution in [3.05, 3.63) is 217 Å². The molecule has 382 valence electrons. The van der Waals surface area contributed by atoms with Crippen LogP contribution in [0.2, 0.25) is 26.2 Å². The highest BCUT2D eigenvalue weighted by molar-refractivity contribution is 7.06. The van der Waals surface area contributed by atoms with Crippen molar-refractivity contribution in [3.8, 4) is 22.3 Å². The lowest BCUT2D eigenvalue weighted by Crippen LogP contribution is -2.51. The van der Waals surface area contributed by atoms with Gasteiger partial charge in [-0.2, -0.15) is 0 Å². The Hall–Kier alpha value is -9.35. The van der Waals surface area contributed by atoms with Crippen LogP contribution in [-0.2, 0) is 0 Å². The van der Waals surface area contributed by atoms with Gasteiger partial charge in [0.25, 0.3) is 0 Å². The third kappa shape index (κ3) is 6.01. The standard InChI is InChI=1S/C72H52N2O4Si2/c1-41-21-7-13-29-51(41)73(53-31-19-27-45-43-23-9-15-33-57(43)75-69(45)53)55-39-64-67(72-65(55)47-25-11-17-35-59(47)78-72)50-38-61-49(37-62(50)80(64,5)6)66-63(79(61,3)4)40-56(71-68(66)48-26-12-18-36-60(48)77-71)74(52-30-14-8-22-42(52)2)54-32-20-28-46-44-24-10-16-34-58(44)76-70(46)54/h7-40H,1-6H3. The van der Waals surface area contributed by atoms with Gasteiger partial charge in [-0.15, -0.1) is 0 Å². The summed E-state index contributed by atoms with van der Waals surface area (Å²) in [5.41, 5.74) is 20.7. The molecular formula is C72H52N2O4Si2. The molecule has 0 atom stereocenters. The van der Waals surface area contributed by atoms with Crippen LogP contribution in [0.25, 0.3) is 110 Å². The molecule has 80 heavy (non-hydrogen) atoms. The van der Waals surface area contributed by atoms with Crippen molar-refractivity contribution in [1.82, 2.24) is 0 Å². The molecule has 6 heterocycles. The third-order valence-corrected chi connectivity index (χ3v) is 25.1. The second-order valence-electron chi connectivity index (χ2n) is 23.2. The lowest BCUT2D eigenvalue weighted by molar-refractivity contribution is 0.666. The van der Waals surface area contributed by atoms with Gasteiger partial charge in [-0.25, -0.2) is 0 Å². The van der Waals surface area contributed by atoms with Crippen molar-refractivity contribution in [2.45, 2.75) is 40.0 Å². The molecular weight excluding hydrogens is 1010 g/mol. The van der Waals surface area contributed by atoms with Crippen LogP contribution in [0.3, 0.4) is 0 Å². The molecule has 0 amide bonds. The fourth-order valence-electron chi connectivity index (χ4n) is 14.2. The van der Waals surface area contributed by atoms with Gasteiger partial charge in [-0.3, -0.25) is 0 Å². The van der Waals surface area contributed by atoms with E-state index >= 15 is 0 Å². The lowest BCUT2D eigenvalue weighted by Gasteiger charge is -2.29. The topological polar surface area (TPSA) is 59.0 Å². The fourth-order valence-corrected chi connectivity index (χ4v) is 20.3. The molecule has 4 aromatic heterocycles. The van der Waals surface area contributed by atoms with E-state index in [-0.39, 0.29) is 0 Å². The molecule has 0 bridgehead atoms. The summed E-state index contributed by atoms with van der Waals surface area (Å²) in [5, 5.41) is 14.5. The zero-order valence-electron chi connectivity index (χ0n) is 45.2. The van der Waals surface area contributed by atoms with Gasteiger partial charge in [0.1, 0.15) is 44.1 Å².